The van der Waals surface area contributed by atoms with Gasteiger partial charge in [-0.05, 0) is 52.1 Å². The molecule has 1 aromatic carbocycles. The number of ether oxygens (including phenoxy) is 2. The number of benzene rings is 1. The maximum Gasteiger partial charge on any atom is 0.341 e. The molecule has 2 heterocycles. The van der Waals surface area contributed by atoms with Gasteiger partial charge >= 0.3 is 5.97 Å². The zero-order valence-corrected chi connectivity index (χ0v) is 16.0. The van der Waals surface area contributed by atoms with Crippen molar-refractivity contribution in [3.05, 3.63) is 35.8 Å². The lowest BCUT2D eigenvalue weighted by Gasteiger charge is -2.43. The topological polar surface area (TPSA) is 63.7 Å². The number of halogens is 1. The number of rotatable bonds is 6. The van der Waals surface area contributed by atoms with Gasteiger partial charge in [0.05, 0.1) is 17.8 Å². The molecule has 0 radical (unpaired) electrons. The molecule has 0 bridgehead atoms. The van der Waals surface area contributed by atoms with Gasteiger partial charge < -0.3 is 19.7 Å². The van der Waals surface area contributed by atoms with Crippen LogP contribution in [-0.2, 0) is 9.47 Å². The zero-order valence-electron chi connectivity index (χ0n) is 16.0. The second-order valence-electron chi connectivity index (χ2n) is 7.01. The summed E-state index contributed by atoms with van der Waals surface area (Å²) in [4.78, 5) is 18.9. The van der Waals surface area contributed by atoms with Crippen LogP contribution in [0.1, 0.15) is 30.1 Å². The number of anilines is 1. The Balaban J connectivity index is 2.00. The van der Waals surface area contributed by atoms with Gasteiger partial charge in [0.15, 0.2) is 0 Å². The first-order valence-electron chi connectivity index (χ1n) is 9.21. The monoisotopic (exact) mass is 375 g/mol. The third kappa shape index (κ3) is 4.04. The van der Waals surface area contributed by atoms with Gasteiger partial charge in [0.2, 0.25) is 0 Å². The Hall–Kier alpha value is -2.25. The Morgan fingerprint density at radius 2 is 2.11 bits per heavy atom. The Kier molecular flexibility index (Phi) is 5.92. The SMILES string of the molecule is CCOC(=O)c1cnc2ccc(F)cc2c1NCC1(N(C)C)CCOCC1. The van der Waals surface area contributed by atoms with Crippen molar-refractivity contribution in [1.29, 1.82) is 0 Å². The number of fused-ring (bicyclic) bond motifs is 1. The summed E-state index contributed by atoms with van der Waals surface area (Å²) in [6.45, 7) is 4.00. The Bertz CT molecular complexity index is 819. The van der Waals surface area contributed by atoms with E-state index in [0.29, 0.717) is 41.9 Å². The second-order valence-corrected chi connectivity index (χ2v) is 7.01. The fraction of sp³-hybridized carbons (Fsp3) is 0.500. The lowest BCUT2D eigenvalue weighted by molar-refractivity contribution is -0.000642. The van der Waals surface area contributed by atoms with E-state index in [-0.39, 0.29) is 18.0 Å². The van der Waals surface area contributed by atoms with Gasteiger partial charge in [0.25, 0.3) is 0 Å². The largest absolute Gasteiger partial charge is 0.462 e. The summed E-state index contributed by atoms with van der Waals surface area (Å²) in [5, 5.41) is 3.98. The lowest BCUT2D eigenvalue weighted by Crippen LogP contribution is -2.53. The smallest absolute Gasteiger partial charge is 0.341 e. The molecule has 1 N–H and O–H groups in total. The highest BCUT2D eigenvalue weighted by Crippen LogP contribution is 2.31. The Labute approximate surface area is 158 Å². The summed E-state index contributed by atoms with van der Waals surface area (Å²) in [5.41, 5.74) is 1.40. The van der Waals surface area contributed by atoms with Crippen molar-refractivity contribution in [2.24, 2.45) is 0 Å². The molecule has 1 fully saturated rings. The van der Waals surface area contributed by atoms with E-state index in [1.165, 1.54) is 18.3 Å². The number of aromatic nitrogens is 1. The molecule has 6 nitrogen and oxygen atoms in total. The number of pyridine rings is 1. The van der Waals surface area contributed by atoms with Gasteiger partial charge in [-0.15, -0.1) is 0 Å². The molecule has 3 rings (SSSR count). The fourth-order valence-electron chi connectivity index (χ4n) is 3.51. The van der Waals surface area contributed by atoms with Crippen LogP contribution in [0.3, 0.4) is 0 Å². The van der Waals surface area contributed by atoms with E-state index in [4.69, 9.17) is 9.47 Å². The molecule has 0 spiro atoms. The van der Waals surface area contributed by atoms with E-state index < -0.39 is 5.97 Å². The van der Waals surface area contributed by atoms with Crippen LogP contribution in [-0.4, -0.2) is 61.9 Å². The molecule has 0 atom stereocenters. The molecule has 0 unspecified atom stereocenters. The zero-order chi connectivity index (χ0) is 19.4. The van der Waals surface area contributed by atoms with Crippen molar-refractivity contribution in [3.8, 4) is 0 Å². The number of carbonyl (C=O) groups excluding carboxylic acids is 1. The van der Waals surface area contributed by atoms with E-state index in [9.17, 15) is 9.18 Å². The average molecular weight is 375 g/mol. The summed E-state index contributed by atoms with van der Waals surface area (Å²) in [7, 11) is 4.09. The first kappa shape index (κ1) is 19.5. The molecule has 0 amide bonds. The minimum absolute atomic E-state index is 0.104. The summed E-state index contributed by atoms with van der Waals surface area (Å²) in [5.74, 6) is -0.841. The van der Waals surface area contributed by atoms with Gasteiger partial charge in [-0.2, -0.15) is 0 Å². The molecule has 0 saturated carbocycles. The van der Waals surface area contributed by atoms with Gasteiger partial charge in [-0.25, -0.2) is 9.18 Å². The molecule has 7 heteroatoms. The van der Waals surface area contributed by atoms with Gasteiger partial charge in [0, 0.05) is 36.9 Å². The quantitative estimate of drug-likeness (QED) is 0.783. The predicted molar refractivity (Wildman–Crippen MR) is 103 cm³/mol. The molecule has 1 saturated heterocycles. The third-order valence-corrected chi connectivity index (χ3v) is 5.29. The molecule has 0 aliphatic carbocycles. The van der Waals surface area contributed by atoms with Crippen molar-refractivity contribution < 1.29 is 18.7 Å². The lowest BCUT2D eigenvalue weighted by atomic mass is 9.88. The minimum Gasteiger partial charge on any atom is -0.462 e. The van der Waals surface area contributed by atoms with Gasteiger partial charge in [0.1, 0.15) is 11.4 Å². The third-order valence-electron chi connectivity index (χ3n) is 5.29. The molecule has 146 valence electrons. The van der Waals surface area contributed by atoms with Crippen molar-refractivity contribution in [3.63, 3.8) is 0 Å². The second kappa shape index (κ2) is 8.19. The molecule has 1 aromatic heterocycles. The van der Waals surface area contributed by atoms with Crippen molar-refractivity contribution >= 4 is 22.6 Å². The maximum absolute atomic E-state index is 13.9. The summed E-state index contributed by atoms with van der Waals surface area (Å²) in [6, 6.07) is 4.38. The number of hydrogen-bond donors (Lipinski definition) is 1. The number of esters is 1. The highest BCUT2D eigenvalue weighted by atomic mass is 19.1. The number of nitrogens with zero attached hydrogens (tertiary/aromatic N) is 2. The molecule has 1 aliphatic heterocycles. The Morgan fingerprint density at radius 3 is 2.78 bits per heavy atom. The highest BCUT2D eigenvalue weighted by molar-refractivity contribution is 6.04. The molecular weight excluding hydrogens is 349 g/mol. The molecule has 2 aromatic rings. The number of carbonyl (C=O) groups is 1. The number of likely N-dealkylation sites (N-methyl/N-ethyl adjacent to an activating group) is 1. The first-order valence-corrected chi connectivity index (χ1v) is 9.21. The summed E-state index contributed by atoms with van der Waals surface area (Å²) < 4.78 is 24.6. The van der Waals surface area contributed by atoms with Crippen molar-refractivity contribution in [2.75, 3.05) is 45.8 Å². The van der Waals surface area contributed by atoms with E-state index in [1.54, 1.807) is 13.0 Å². The molecular formula is C20H26FN3O3. The van der Waals surface area contributed by atoms with E-state index in [2.05, 4.69) is 15.2 Å². The van der Waals surface area contributed by atoms with Gasteiger partial charge in [-0.3, -0.25) is 4.98 Å². The minimum atomic E-state index is -0.468. The highest BCUT2D eigenvalue weighted by Gasteiger charge is 2.35. The molecule has 27 heavy (non-hydrogen) atoms. The predicted octanol–water partition coefficient (Wildman–Crippen LogP) is 3.07. The fourth-order valence-corrected chi connectivity index (χ4v) is 3.51. The van der Waals surface area contributed by atoms with Crippen LogP contribution in [0.5, 0.6) is 0 Å². The van der Waals surface area contributed by atoms with Gasteiger partial charge in [-0.1, -0.05) is 0 Å². The maximum atomic E-state index is 13.9. The van der Waals surface area contributed by atoms with E-state index in [0.717, 1.165) is 12.8 Å². The standard InChI is InChI=1S/C20H26FN3O3/c1-4-27-19(25)16-12-22-17-6-5-14(21)11-15(17)18(16)23-13-20(24(2)3)7-9-26-10-8-20/h5-6,11-12H,4,7-10,13H2,1-3H3,(H,22,23). The van der Waals surface area contributed by atoms with Crippen molar-refractivity contribution in [1.82, 2.24) is 9.88 Å². The van der Waals surface area contributed by atoms with E-state index >= 15 is 0 Å². The Morgan fingerprint density at radius 1 is 1.37 bits per heavy atom. The van der Waals surface area contributed by atoms with Crippen molar-refractivity contribution in [2.45, 2.75) is 25.3 Å². The van der Waals surface area contributed by atoms with Crippen LogP contribution in [0.15, 0.2) is 24.4 Å². The van der Waals surface area contributed by atoms with Crippen LogP contribution < -0.4 is 5.32 Å². The van der Waals surface area contributed by atoms with Crippen LogP contribution in [0.25, 0.3) is 10.9 Å². The number of nitrogens with one attached hydrogen (secondary N) is 1. The van der Waals surface area contributed by atoms with Crippen LogP contribution >= 0.6 is 0 Å². The first-order chi connectivity index (χ1) is 13.0. The summed E-state index contributed by atoms with van der Waals surface area (Å²) >= 11 is 0. The summed E-state index contributed by atoms with van der Waals surface area (Å²) in [6.07, 6.45) is 3.24. The number of hydrogen-bond acceptors (Lipinski definition) is 6. The van der Waals surface area contributed by atoms with E-state index in [1.807, 2.05) is 14.1 Å². The van der Waals surface area contributed by atoms with Crippen LogP contribution in [0.2, 0.25) is 0 Å². The van der Waals surface area contributed by atoms with Crippen LogP contribution in [0, 0.1) is 5.82 Å². The average Bonchev–Trinajstić information content (AvgIpc) is 2.66. The molecule has 1 aliphatic rings. The van der Waals surface area contributed by atoms with Crippen LogP contribution in [0.4, 0.5) is 10.1 Å². The normalized spacial score (nSPS) is 16.5.